The van der Waals surface area contributed by atoms with Crippen LogP contribution in [-0.2, 0) is 19.1 Å². The topological polar surface area (TPSA) is 55.8 Å². The van der Waals surface area contributed by atoms with E-state index < -0.39 is 6.23 Å². The van der Waals surface area contributed by atoms with E-state index in [1.54, 1.807) is 6.92 Å². The van der Waals surface area contributed by atoms with Gasteiger partial charge in [-0.1, -0.05) is 0 Å². The van der Waals surface area contributed by atoms with E-state index >= 15 is 0 Å². The molecule has 0 aromatic heterocycles. The van der Waals surface area contributed by atoms with E-state index in [1.165, 1.54) is 11.8 Å². The van der Waals surface area contributed by atoms with Gasteiger partial charge in [0.05, 0.1) is 6.61 Å². The van der Waals surface area contributed by atoms with Crippen LogP contribution in [0.4, 0.5) is 0 Å². The average molecular weight is 187 g/mol. The molecule has 0 aromatic rings. The molecule has 1 saturated heterocycles. The summed E-state index contributed by atoms with van der Waals surface area (Å²) in [6.07, 6.45) is -0.492. The molecule has 0 radical (unpaired) electrons. The van der Waals surface area contributed by atoms with Gasteiger partial charge in [-0.05, 0) is 6.92 Å². The van der Waals surface area contributed by atoms with Gasteiger partial charge in [-0.2, -0.15) is 0 Å². The highest BCUT2D eigenvalue weighted by Crippen LogP contribution is 2.06. The largest absolute Gasteiger partial charge is 0.442 e. The standard InChI is InChI=1S/C8H13NO4/c1-6(13-7(2)10)9-3-4-12-5-8(9)11/h6H,3-5H2,1-2H3. The van der Waals surface area contributed by atoms with Gasteiger partial charge < -0.3 is 14.4 Å². The molecule has 1 rings (SSSR count). The molecule has 1 fully saturated rings. The summed E-state index contributed by atoms with van der Waals surface area (Å²) in [7, 11) is 0. The van der Waals surface area contributed by atoms with E-state index in [0.717, 1.165) is 0 Å². The smallest absolute Gasteiger partial charge is 0.304 e. The second-order valence-corrected chi connectivity index (χ2v) is 2.85. The number of morpholine rings is 1. The molecule has 13 heavy (non-hydrogen) atoms. The molecule has 1 aliphatic rings. The Kier molecular flexibility index (Phi) is 3.25. The maximum Gasteiger partial charge on any atom is 0.304 e. The molecule has 74 valence electrons. The molecule has 5 heteroatoms. The SMILES string of the molecule is CC(=O)OC(C)N1CCOCC1=O. The molecule has 1 atom stereocenters. The molecule has 1 amide bonds. The molecule has 0 aliphatic carbocycles. The van der Waals surface area contributed by atoms with Gasteiger partial charge >= 0.3 is 5.97 Å². The van der Waals surface area contributed by atoms with Crippen LogP contribution in [0.15, 0.2) is 0 Å². The zero-order valence-electron chi connectivity index (χ0n) is 7.78. The minimum absolute atomic E-state index is 0.0750. The second-order valence-electron chi connectivity index (χ2n) is 2.85. The Morgan fingerprint density at radius 2 is 2.38 bits per heavy atom. The Morgan fingerprint density at radius 1 is 1.69 bits per heavy atom. The summed E-state index contributed by atoms with van der Waals surface area (Å²) in [5, 5.41) is 0. The highest BCUT2D eigenvalue weighted by atomic mass is 16.6. The first-order valence-corrected chi connectivity index (χ1v) is 4.15. The van der Waals surface area contributed by atoms with Crippen molar-refractivity contribution in [2.45, 2.75) is 20.1 Å². The lowest BCUT2D eigenvalue weighted by Crippen LogP contribution is -2.48. The molecule has 0 aromatic carbocycles. The molecule has 0 spiro atoms. The maximum atomic E-state index is 11.2. The van der Waals surface area contributed by atoms with Gasteiger partial charge in [0.1, 0.15) is 6.61 Å². The van der Waals surface area contributed by atoms with E-state index in [-0.39, 0.29) is 18.5 Å². The number of esters is 1. The van der Waals surface area contributed by atoms with Crippen LogP contribution in [0.25, 0.3) is 0 Å². The molecular weight excluding hydrogens is 174 g/mol. The van der Waals surface area contributed by atoms with Crippen LogP contribution in [-0.4, -0.2) is 42.8 Å². The third-order valence-corrected chi connectivity index (χ3v) is 1.80. The summed E-state index contributed by atoms with van der Waals surface area (Å²) in [6, 6.07) is 0. The van der Waals surface area contributed by atoms with E-state index in [4.69, 9.17) is 9.47 Å². The van der Waals surface area contributed by atoms with Gasteiger partial charge in [-0.25, -0.2) is 0 Å². The fraction of sp³-hybridized carbons (Fsp3) is 0.750. The van der Waals surface area contributed by atoms with Crippen molar-refractivity contribution in [1.29, 1.82) is 0 Å². The Labute approximate surface area is 76.6 Å². The van der Waals surface area contributed by atoms with Gasteiger partial charge in [-0.15, -0.1) is 0 Å². The number of ether oxygens (including phenoxy) is 2. The summed E-state index contributed by atoms with van der Waals surface area (Å²) in [6.45, 7) is 4.04. The molecule has 0 saturated carbocycles. The highest BCUT2D eigenvalue weighted by molar-refractivity contribution is 5.78. The quantitative estimate of drug-likeness (QED) is 0.559. The number of hydrogen-bond acceptors (Lipinski definition) is 4. The van der Waals surface area contributed by atoms with Crippen molar-refractivity contribution in [2.24, 2.45) is 0 Å². The van der Waals surface area contributed by atoms with Crippen molar-refractivity contribution in [3.63, 3.8) is 0 Å². The normalized spacial score (nSPS) is 19.8. The monoisotopic (exact) mass is 187 g/mol. The minimum Gasteiger partial charge on any atom is -0.442 e. The lowest BCUT2D eigenvalue weighted by Gasteiger charge is -2.31. The summed E-state index contributed by atoms with van der Waals surface area (Å²) < 4.78 is 9.81. The summed E-state index contributed by atoms with van der Waals surface area (Å²) in [4.78, 5) is 23.3. The molecule has 0 bridgehead atoms. The Balaban J connectivity index is 2.48. The summed E-state index contributed by atoms with van der Waals surface area (Å²) in [5.74, 6) is -0.521. The van der Waals surface area contributed by atoms with Crippen LogP contribution in [0.2, 0.25) is 0 Å². The Morgan fingerprint density at radius 3 is 2.92 bits per heavy atom. The lowest BCUT2D eigenvalue weighted by atomic mass is 10.4. The first-order chi connectivity index (χ1) is 6.11. The van der Waals surface area contributed by atoms with Gasteiger partial charge in [0, 0.05) is 13.5 Å². The number of hydrogen-bond donors (Lipinski definition) is 0. The number of carbonyl (C=O) groups is 2. The predicted molar refractivity (Wildman–Crippen MR) is 43.8 cm³/mol. The molecule has 1 aliphatic heterocycles. The third kappa shape index (κ3) is 2.69. The van der Waals surface area contributed by atoms with E-state index in [0.29, 0.717) is 13.2 Å². The van der Waals surface area contributed by atoms with Crippen LogP contribution in [0.1, 0.15) is 13.8 Å². The Hall–Kier alpha value is -1.10. The van der Waals surface area contributed by atoms with Crippen molar-refractivity contribution in [2.75, 3.05) is 19.8 Å². The van der Waals surface area contributed by atoms with E-state index in [2.05, 4.69) is 0 Å². The van der Waals surface area contributed by atoms with Gasteiger partial charge in [0.2, 0.25) is 0 Å². The third-order valence-electron chi connectivity index (χ3n) is 1.80. The first-order valence-electron chi connectivity index (χ1n) is 4.15. The van der Waals surface area contributed by atoms with Gasteiger partial charge in [0.15, 0.2) is 6.23 Å². The number of amides is 1. The van der Waals surface area contributed by atoms with Crippen molar-refractivity contribution >= 4 is 11.9 Å². The van der Waals surface area contributed by atoms with Crippen molar-refractivity contribution < 1.29 is 19.1 Å². The zero-order chi connectivity index (χ0) is 9.84. The van der Waals surface area contributed by atoms with Crippen LogP contribution in [0.3, 0.4) is 0 Å². The summed E-state index contributed by atoms with van der Waals surface area (Å²) >= 11 is 0. The molecule has 1 heterocycles. The van der Waals surface area contributed by atoms with Crippen LogP contribution >= 0.6 is 0 Å². The number of nitrogens with zero attached hydrogens (tertiary/aromatic N) is 1. The maximum absolute atomic E-state index is 11.2. The Bertz CT molecular complexity index is 216. The predicted octanol–water partition coefficient (Wildman–Crippen LogP) is -0.246. The van der Waals surface area contributed by atoms with Crippen LogP contribution < -0.4 is 0 Å². The molecular formula is C8H13NO4. The molecule has 1 unspecified atom stereocenters. The van der Waals surface area contributed by atoms with E-state index in [9.17, 15) is 9.59 Å². The molecule has 0 N–H and O–H groups in total. The van der Waals surface area contributed by atoms with Crippen molar-refractivity contribution in [3.8, 4) is 0 Å². The van der Waals surface area contributed by atoms with Crippen LogP contribution in [0.5, 0.6) is 0 Å². The highest BCUT2D eigenvalue weighted by Gasteiger charge is 2.24. The zero-order valence-corrected chi connectivity index (χ0v) is 7.78. The van der Waals surface area contributed by atoms with Gasteiger partial charge in [-0.3, -0.25) is 9.59 Å². The summed E-state index contributed by atoms with van der Waals surface area (Å²) in [5.41, 5.74) is 0. The minimum atomic E-state index is -0.492. The van der Waals surface area contributed by atoms with Gasteiger partial charge in [0.25, 0.3) is 5.91 Å². The number of rotatable bonds is 2. The number of carbonyl (C=O) groups excluding carboxylic acids is 2. The van der Waals surface area contributed by atoms with Crippen LogP contribution in [0, 0.1) is 0 Å². The lowest BCUT2D eigenvalue weighted by molar-refractivity contribution is -0.168. The van der Waals surface area contributed by atoms with Crippen molar-refractivity contribution in [1.82, 2.24) is 4.90 Å². The van der Waals surface area contributed by atoms with Crippen molar-refractivity contribution in [3.05, 3.63) is 0 Å². The second kappa shape index (κ2) is 4.23. The fourth-order valence-electron chi connectivity index (χ4n) is 1.22. The average Bonchev–Trinajstić information content (AvgIpc) is 2.03. The molecule has 5 nitrogen and oxygen atoms in total. The van der Waals surface area contributed by atoms with E-state index in [1.807, 2.05) is 0 Å². The fourth-order valence-corrected chi connectivity index (χ4v) is 1.22. The first kappa shape index (κ1) is 9.98.